The summed E-state index contributed by atoms with van der Waals surface area (Å²) in [6.45, 7) is 4.60. The normalized spacial score (nSPS) is 22.3. The second-order valence-corrected chi connectivity index (χ2v) is 4.74. The van der Waals surface area contributed by atoms with Crippen molar-refractivity contribution in [2.45, 2.75) is 13.5 Å². The van der Waals surface area contributed by atoms with Crippen molar-refractivity contribution in [2.75, 3.05) is 13.1 Å². The number of rotatable bonds is 3. The van der Waals surface area contributed by atoms with Gasteiger partial charge in [-0.2, -0.15) is 0 Å². The van der Waals surface area contributed by atoms with Gasteiger partial charge in [0, 0.05) is 12.5 Å². The average molecular weight is 269 g/mol. The van der Waals surface area contributed by atoms with Crippen LogP contribution in [0.3, 0.4) is 0 Å². The molecule has 0 spiro atoms. The van der Waals surface area contributed by atoms with Gasteiger partial charge in [0.15, 0.2) is 0 Å². The lowest BCUT2D eigenvalue weighted by Gasteiger charge is -2.25. The van der Waals surface area contributed by atoms with Crippen LogP contribution in [0.25, 0.3) is 0 Å². The Balaban J connectivity index is 0.00000162. The fourth-order valence-electron chi connectivity index (χ4n) is 2.25. The molecule has 1 aliphatic rings. The van der Waals surface area contributed by atoms with E-state index in [2.05, 4.69) is 12.2 Å². The number of hydrogen-bond donors (Lipinski definition) is 3. The number of nitrogens with one attached hydrogen (secondary N) is 2. The Kier molecular flexibility index (Phi) is 5.59. The van der Waals surface area contributed by atoms with Crippen LogP contribution in [-0.2, 0) is 6.54 Å². The van der Waals surface area contributed by atoms with Crippen molar-refractivity contribution in [1.82, 2.24) is 10.3 Å². The molecule has 1 heterocycles. The molecule has 1 saturated heterocycles. The molecule has 1 fully saturated rings. The molecule has 0 aliphatic carbocycles. The van der Waals surface area contributed by atoms with Crippen LogP contribution in [0.2, 0.25) is 0 Å². The second kappa shape index (κ2) is 6.73. The lowest BCUT2D eigenvalue weighted by Crippen LogP contribution is -2.42. The molecule has 1 aliphatic heterocycles. The molecule has 4 N–H and O–H groups in total. The number of halogens is 1. The predicted octanol–water partition coefficient (Wildman–Crippen LogP) is 1.62. The maximum Gasteiger partial charge on any atom is 0.115 e. The number of nitrogens with zero attached hydrogens (tertiary/aromatic N) is 1. The molecular weight excluding hydrogens is 248 g/mol. The summed E-state index contributed by atoms with van der Waals surface area (Å²) in [6, 6.07) is 10.0. The number of hydrogen-bond acceptors (Lipinski definition) is 3. The predicted molar refractivity (Wildman–Crippen MR) is 76.7 cm³/mol. The molecule has 2 rings (SSSR count). The van der Waals surface area contributed by atoms with Crippen molar-refractivity contribution in [3.05, 3.63) is 35.9 Å². The zero-order chi connectivity index (χ0) is 12.3. The smallest absolute Gasteiger partial charge is 0.115 e. The monoisotopic (exact) mass is 268 g/mol. The van der Waals surface area contributed by atoms with Crippen molar-refractivity contribution in [3.63, 3.8) is 0 Å². The first-order valence-electron chi connectivity index (χ1n) is 6.04. The fraction of sp³-hybridized carbons (Fsp3) is 0.462. The fourth-order valence-corrected chi connectivity index (χ4v) is 2.25. The maximum absolute atomic E-state index is 8.13. The molecule has 0 radical (unpaired) electrons. The van der Waals surface area contributed by atoms with Crippen molar-refractivity contribution >= 4 is 18.2 Å². The van der Waals surface area contributed by atoms with E-state index < -0.39 is 0 Å². The highest BCUT2D eigenvalue weighted by atomic mass is 35.5. The van der Waals surface area contributed by atoms with Gasteiger partial charge >= 0.3 is 0 Å². The third kappa shape index (κ3) is 3.45. The van der Waals surface area contributed by atoms with E-state index >= 15 is 0 Å². The quantitative estimate of drug-likeness (QED) is 0.338. The first kappa shape index (κ1) is 15.0. The van der Waals surface area contributed by atoms with E-state index in [1.807, 2.05) is 30.3 Å². The minimum Gasteiger partial charge on any atom is -0.316 e. The summed E-state index contributed by atoms with van der Waals surface area (Å²) in [5.74, 6) is 7.24. The van der Waals surface area contributed by atoms with E-state index in [0.29, 0.717) is 18.3 Å². The number of amidine groups is 1. The van der Waals surface area contributed by atoms with Crippen LogP contribution in [0, 0.1) is 17.2 Å². The molecule has 0 bridgehead atoms. The van der Waals surface area contributed by atoms with Crippen LogP contribution in [0.4, 0.5) is 0 Å². The number of nitrogens with two attached hydrogens (primary N) is 1. The first-order chi connectivity index (χ1) is 8.18. The molecule has 1 aromatic carbocycles. The number of hydrazine groups is 1. The average Bonchev–Trinajstić information content (AvgIpc) is 2.76. The summed E-state index contributed by atoms with van der Waals surface area (Å²) in [5, 5.41) is 13.0. The zero-order valence-corrected chi connectivity index (χ0v) is 11.4. The lowest BCUT2D eigenvalue weighted by molar-refractivity contribution is 0.386. The van der Waals surface area contributed by atoms with Gasteiger partial charge in [0.05, 0.1) is 6.54 Å². The molecular formula is C13H21ClN4. The van der Waals surface area contributed by atoms with Crippen LogP contribution in [0.1, 0.15) is 12.5 Å². The minimum absolute atomic E-state index is 0. The van der Waals surface area contributed by atoms with Crippen LogP contribution >= 0.6 is 12.4 Å². The van der Waals surface area contributed by atoms with Crippen molar-refractivity contribution in [1.29, 1.82) is 5.41 Å². The molecule has 100 valence electrons. The summed E-state index contributed by atoms with van der Waals surface area (Å²) < 4.78 is 0. The summed E-state index contributed by atoms with van der Waals surface area (Å²) in [5.41, 5.74) is 1.14. The molecule has 0 amide bonds. The van der Waals surface area contributed by atoms with Gasteiger partial charge in [-0.25, -0.2) is 5.84 Å². The van der Waals surface area contributed by atoms with Crippen LogP contribution < -0.4 is 11.2 Å². The molecule has 2 atom stereocenters. The van der Waals surface area contributed by atoms with Crippen molar-refractivity contribution in [3.8, 4) is 0 Å². The summed E-state index contributed by atoms with van der Waals surface area (Å²) in [6.07, 6.45) is 0. The maximum atomic E-state index is 8.13. The van der Waals surface area contributed by atoms with Gasteiger partial charge in [-0.05, 0) is 18.0 Å². The van der Waals surface area contributed by atoms with Gasteiger partial charge in [-0.1, -0.05) is 37.3 Å². The highest BCUT2D eigenvalue weighted by molar-refractivity contribution is 5.85. The van der Waals surface area contributed by atoms with Crippen molar-refractivity contribution < 1.29 is 0 Å². The summed E-state index contributed by atoms with van der Waals surface area (Å²) >= 11 is 0. The van der Waals surface area contributed by atoms with E-state index in [0.717, 1.165) is 18.7 Å². The van der Waals surface area contributed by atoms with E-state index in [1.54, 1.807) is 5.01 Å². The highest BCUT2D eigenvalue weighted by Gasteiger charge is 2.29. The standard InChI is InChI=1S/C13H20N4.ClH/c1-10-7-16-8-12(10)13(14)17(15)9-11-5-3-2-4-6-11;/h2-6,10,12,14,16H,7-9,15H2,1H3;1H. The number of benzene rings is 1. The Hall–Kier alpha value is -1.10. The minimum atomic E-state index is 0. The molecule has 4 nitrogen and oxygen atoms in total. The van der Waals surface area contributed by atoms with Crippen LogP contribution in [0.15, 0.2) is 30.3 Å². The molecule has 0 saturated carbocycles. The third-order valence-electron chi connectivity index (χ3n) is 3.37. The topological polar surface area (TPSA) is 65.1 Å². The SMILES string of the molecule is CC1CNCC1C(=N)N(N)Cc1ccccc1.Cl. The zero-order valence-electron chi connectivity index (χ0n) is 10.6. The second-order valence-electron chi connectivity index (χ2n) is 4.74. The Morgan fingerprint density at radius 1 is 1.39 bits per heavy atom. The Bertz CT molecular complexity index is 382. The molecule has 2 unspecified atom stereocenters. The van der Waals surface area contributed by atoms with Gasteiger partial charge in [-0.3, -0.25) is 10.4 Å². The summed E-state index contributed by atoms with van der Waals surface area (Å²) in [4.78, 5) is 0. The highest BCUT2D eigenvalue weighted by Crippen LogP contribution is 2.18. The van der Waals surface area contributed by atoms with Gasteiger partial charge in [0.2, 0.25) is 0 Å². The van der Waals surface area contributed by atoms with Crippen LogP contribution in [0.5, 0.6) is 0 Å². The Morgan fingerprint density at radius 2 is 2.06 bits per heavy atom. The van der Waals surface area contributed by atoms with Gasteiger partial charge in [0.25, 0.3) is 0 Å². The molecule has 1 aromatic rings. The first-order valence-corrected chi connectivity index (χ1v) is 6.04. The third-order valence-corrected chi connectivity index (χ3v) is 3.37. The Morgan fingerprint density at radius 3 is 2.61 bits per heavy atom. The van der Waals surface area contributed by atoms with Gasteiger partial charge < -0.3 is 5.32 Å². The lowest BCUT2D eigenvalue weighted by atomic mass is 9.96. The summed E-state index contributed by atoms with van der Waals surface area (Å²) in [7, 11) is 0. The van der Waals surface area contributed by atoms with Gasteiger partial charge in [0.1, 0.15) is 5.84 Å². The van der Waals surface area contributed by atoms with E-state index in [4.69, 9.17) is 11.3 Å². The van der Waals surface area contributed by atoms with E-state index in [9.17, 15) is 0 Å². The van der Waals surface area contributed by atoms with Crippen molar-refractivity contribution in [2.24, 2.45) is 17.7 Å². The van der Waals surface area contributed by atoms with E-state index in [1.165, 1.54) is 0 Å². The molecule has 5 heteroatoms. The molecule has 0 aromatic heterocycles. The largest absolute Gasteiger partial charge is 0.316 e. The van der Waals surface area contributed by atoms with Crippen LogP contribution in [-0.4, -0.2) is 23.9 Å². The Labute approximate surface area is 114 Å². The van der Waals surface area contributed by atoms with E-state index in [-0.39, 0.29) is 18.3 Å². The molecule has 18 heavy (non-hydrogen) atoms. The van der Waals surface area contributed by atoms with Gasteiger partial charge in [-0.15, -0.1) is 12.4 Å².